The molecule has 0 N–H and O–H groups in total. The van der Waals surface area contributed by atoms with E-state index >= 15 is 0 Å². The van der Waals surface area contributed by atoms with Crippen molar-refractivity contribution in [2.45, 2.75) is 31.7 Å². The van der Waals surface area contributed by atoms with Crippen LogP contribution in [0, 0.1) is 6.92 Å². The Morgan fingerprint density at radius 3 is 2.42 bits per heavy atom. The summed E-state index contributed by atoms with van der Waals surface area (Å²) < 4.78 is 27.3. The third-order valence-electron chi connectivity index (χ3n) is 6.59. The highest BCUT2D eigenvalue weighted by molar-refractivity contribution is 7.94. The highest BCUT2D eigenvalue weighted by atomic mass is 32.2. The van der Waals surface area contributed by atoms with E-state index in [0.29, 0.717) is 16.9 Å². The third-order valence-corrected chi connectivity index (χ3v) is 8.69. The summed E-state index contributed by atoms with van der Waals surface area (Å²) in [5.74, 6) is -1.91. The molecule has 2 heterocycles. The first kappa shape index (κ1) is 21.4. The van der Waals surface area contributed by atoms with Crippen molar-refractivity contribution >= 4 is 33.0 Å². The molecule has 6 nitrogen and oxygen atoms in total. The van der Waals surface area contributed by atoms with Gasteiger partial charge in [-0.05, 0) is 48.2 Å². The number of carbonyl (C=O) groups is 2. The molecule has 0 radical (unpaired) electrons. The van der Waals surface area contributed by atoms with E-state index in [1.54, 1.807) is 42.5 Å². The van der Waals surface area contributed by atoms with Crippen LogP contribution in [-0.2, 0) is 37.3 Å². The number of hydrogen-bond donors (Lipinski definition) is 0. The summed E-state index contributed by atoms with van der Waals surface area (Å²) in [6.45, 7) is 4.16. The number of hydrogen-bond acceptors (Lipinski definition) is 4. The standard InChI is InChI=1S/C26H24N2O4S/c1-3-19-10-8-12-21(15-19)28-24(29)17-33(31,32)26(28)22-13-6-7-14-23(22)27(25(26)30)16-20-11-5-4-9-18(20)2/h4-15H,3,16-17H2,1-2H3/t26-/m0/s1. The summed E-state index contributed by atoms with van der Waals surface area (Å²) in [6, 6.07) is 21.8. The average molecular weight is 461 g/mol. The molecule has 1 spiro atoms. The molecule has 168 valence electrons. The molecule has 5 rings (SSSR count). The topological polar surface area (TPSA) is 74.8 Å². The molecule has 7 heteroatoms. The minimum atomic E-state index is -4.17. The van der Waals surface area contributed by atoms with E-state index in [1.165, 1.54) is 9.80 Å². The zero-order chi connectivity index (χ0) is 23.4. The second kappa shape index (κ2) is 7.56. The second-order valence-corrected chi connectivity index (χ2v) is 10.6. The number of aryl methyl sites for hydroxylation is 2. The Bertz CT molecular complexity index is 1400. The minimum Gasteiger partial charge on any atom is -0.304 e. The molecule has 0 saturated carbocycles. The van der Waals surface area contributed by atoms with Crippen LogP contribution in [0.5, 0.6) is 0 Å². The average Bonchev–Trinajstić information content (AvgIpc) is 3.18. The molecule has 3 aromatic carbocycles. The molecule has 0 aliphatic carbocycles. The molecule has 0 bridgehead atoms. The predicted molar refractivity (Wildman–Crippen MR) is 128 cm³/mol. The van der Waals surface area contributed by atoms with Gasteiger partial charge in [-0.2, -0.15) is 0 Å². The molecule has 2 aliphatic heterocycles. The fourth-order valence-electron chi connectivity index (χ4n) is 4.92. The number of rotatable bonds is 4. The molecule has 1 fully saturated rings. The maximum atomic E-state index is 14.2. The molecule has 1 atom stereocenters. The summed E-state index contributed by atoms with van der Waals surface area (Å²) >= 11 is 0. The van der Waals surface area contributed by atoms with Crippen LogP contribution >= 0.6 is 0 Å². The van der Waals surface area contributed by atoms with Crippen molar-refractivity contribution in [3.05, 3.63) is 95.1 Å². The van der Waals surface area contributed by atoms with Crippen LogP contribution in [0.25, 0.3) is 0 Å². The van der Waals surface area contributed by atoms with E-state index in [4.69, 9.17) is 0 Å². The van der Waals surface area contributed by atoms with Crippen molar-refractivity contribution < 1.29 is 18.0 Å². The van der Waals surface area contributed by atoms with Crippen LogP contribution in [0.2, 0.25) is 0 Å². The van der Waals surface area contributed by atoms with Gasteiger partial charge < -0.3 is 4.90 Å². The Morgan fingerprint density at radius 1 is 0.939 bits per heavy atom. The van der Waals surface area contributed by atoms with Gasteiger partial charge in [0.25, 0.3) is 10.8 Å². The van der Waals surface area contributed by atoms with Crippen molar-refractivity contribution in [2.75, 3.05) is 15.6 Å². The smallest absolute Gasteiger partial charge is 0.274 e. The van der Waals surface area contributed by atoms with Crippen LogP contribution in [0.3, 0.4) is 0 Å². The Balaban J connectivity index is 1.75. The first-order valence-electron chi connectivity index (χ1n) is 10.9. The Morgan fingerprint density at radius 2 is 1.67 bits per heavy atom. The van der Waals surface area contributed by atoms with E-state index in [-0.39, 0.29) is 6.54 Å². The number of sulfone groups is 1. The van der Waals surface area contributed by atoms with Crippen LogP contribution in [-0.4, -0.2) is 26.0 Å². The van der Waals surface area contributed by atoms with Crippen LogP contribution in [0.15, 0.2) is 72.8 Å². The van der Waals surface area contributed by atoms with Gasteiger partial charge in [-0.3, -0.25) is 14.5 Å². The van der Waals surface area contributed by atoms with E-state index < -0.39 is 32.3 Å². The summed E-state index contributed by atoms with van der Waals surface area (Å²) in [5.41, 5.74) is 4.13. The molecule has 2 amide bonds. The third kappa shape index (κ3) is 2.95. The number of para-hydroxylation sites is 1. The normalized spacial score (nSPS) is 21.2. The van der Waals surface area contributed by atoms with E-state index in [1.807, 2.05) is 44.2 Å². The Hall–Kier alpha value is -3.45. The quantitative estimate of drug-likeness (QED) is 0.595. The van der Waals surface area contributed by atoms with Crippen molar-refractivity contribution in [1.82, 2.24) is 0 Å². The minimum absolute atomic E-state index is 0.219. The number of carbonyl (C=O) groups excluding carboxylic acids is 2. The van der Waals surface area contributed by atoms with Gasteiger partial charge in [0.2, 0.25) is 5.91 Å². The van der Waals surface area contributed by atoms with Crippen molar-refractivity contribution in [3.8, 4) is 0 Å². The van der Waals surface area contributed by atoms with Gasteiger partial charge in [0, 0.05) is 11.3 Å². The van der Waals surface area contributed by atoms with Gasteiger partial charge in [0.05, 0.1) is 12.2 Å². The summed E-state index contributed by atoms with van der Waals surface area (Å²) in [6.07, 6.45) is 0.722. The molecule has 0 unspecified atom stereocenters. The van der Waals surface area contributed by atoms with Crippen LogP contribution in [0.4, 0.5) is 11.4 Å². The summed E-state index contributed by atoms with van der Waals surface area (Å²) in [5, 5.41) is 0. The highest BCUT2D eigenvalue weighted by Gasteiger charge is 2.69. The van der Waals surface area contributed by atoms with Crippen LogP contribution in [0.1, 0.15) is 29.2 Å². The van der Waals surface area contributed by atoms with Gasteiger partial charge >= 0.3 is 0 Å². The monoisotopic (exact) mass is 460 g/mol. The fourth-order valence-corrected chi connectivity index (χ4v) is 6.95. The Labute approximate surface area is 193 Å². The first-order chi connectivity index (χ1) is 15.8. The maximum Gasteiger partial charge on any atom is 0.274 e. The zero-order valence-corrected chi connectivity index (χ0v) is 19.3. The molecule has 33 heavy (non-hydrogen) atoms. The van der Waals surface area contributed by atoms with E-state index in [2.05, 4.69) is 0 Å². The van der Waals surface area contributed by atoms with Gasteiger partial charge in [-0.1, -0.05) is 61.5 Å². The lowest BCUT2D eigenvalue weighted by atomic mass is 10.0. The lowest BCUT2D eigenvalue weighted by Gasteiger charge is -2.33. The molecule has 1 saturated heterocycles. The van der Waals surface area contributed by atoms with Crippen LogP contribution < -0.4 is 9.80 Å². The van der Waals surface area contributed by atoms with E-state index in [0.717, 1.165) is 23.1 Å². The number of benzene rings is 3. The predicted octanol–water partition coefficient (Wildman–Crippen LogP) is 3.72. The Kier molecular flexibility index (Phi) is 4.90. The van der Waals surface area contributed by atoms with Crippen molar-refractivity contribution in [3.63, 3.8) is 0 Å². The maximum absolute atomic E-state index is 14.2. The SMILES string of the molecule is CCc1cccc(N2C(=O)CS(=O)(=O)[C@@]23C(=O)N(Cc2ccccc2C)c2ccccc23)c1. The fraction of sp³-hybridized carbons (Fsp3) is 0.231. The van der Waals surface area contributed by atoms with Crippen molar-refractivity contribution in [2.24, 2.45) is 0 Å². The summed E-state index contributed by atoms with van der Waals surface area (Å²) in [4.78, 5) is 28.0. The van der Waals surface area contributed by atoms with Gasteiger partial charge in [0.1, 0.15) is 5.75 Å². The van der Waals surface area contributed by atoms with E-state index in [9.17, 15) is 18.0 Å². The lowest BCUT2D eigenvalue weighted by Crippen LogP contribution is -2.54. The number of nitrogens with zero attached hydrogens (tertiary/aromatic N) is 2. The zero-order valence-electron chi connectivity index (χ0n) is 18.5. The molecule has 0 aromatic heterocycles. The molecular formula is C26H24N2O4S. The first-order valence-corrected chi connectivity index (χ1v) is 12.6. The van der Waals surface area contributed by atoms with Gasteiger partial charge in [-0.15, -0.1) is 0 Å². The highest BCUT2D eigenvalue weighted by Crippen LogP contribution is 2.52. The molecule has 2 aliphatic rings. The number of amides is 2. The van der Waals surface area contributed by atoms with Gasteiger partial charge in [-0.25, -0.2) is 8.42 Å². The number of anilines is 2. The van der Waals surface area contributed by atoms with Crippen molar-refractivity contribution in [1.29, 1.82) is 0 Å². The number of fused-ring (bicyclic) bond motifs is 2. The van der Waals surface area contributed by atoms with Gasteiger partial charge in [0.15, 0.2) is 9.84 Å². The molecular weight excluding hydrogens is 436 g/mol. The lowest BCUT2D eigenvalue weighted by molar-refractivity contribution is -0.123. The summed E-state index contributed by atoms with van der Waals surface area (Å²) in [7, 11) is -4.17. The second-order valence-electron chi connectivity index (χ2n) is 8.49. The largest absolute Gasteiger partial charge is 0.304 e. The molecule has 3 aromatic rings.